The summed E-state index contributed by atoms with van der Waals surface area (Å²) >= 11 is 0. The molecule has 1 N–H and O–H groups in total. The molecule has 1 aromatic rings. The van der Waals surface area contributed by atoms with Crippen LogP contribution in [0.3, 0.4) is 0 Å². The number of benzene rings is 1. The molecule has 0 aromatic heterocycles. The highest BCUT2D eigenvalue weighted by molar-refractivity contribution is 5.15. The smallest absolute Gasteiger partial charge is 0.123 e. The standard InChI is InChI=1S/C9H12FN.ClH/c1-2-11-7-8-3-5-9(10)6-4-8;/h3-6,11H,2,7H2,1H3;1H/p-1. The van der Waals surface area contributed by atoms with E-state index in [4.69, 9.17) is 0 Å². The van der Waals surface area contributed by atoms with Gasteiger partial charge >= 0.3 is 0 Å². The summed E-state index contributed by atoms with van der Waals surface area (Å²) in [5, 5.41) is 3.16. The van der Waals surface area contributed by atoms with Gasteiger partial charge in [0.15, 0.2) is 0 Å². The first kappa shape index (κ1) is 11.4. The highest BCUT2D eigenvalue weighted by Crippen LogP contribution is 2.01. The van der Waals surface area contributed by atoms with Crippen molar-refractivity contribution in [1.29, 1.82) is 0 Å². The summed E-state index contributed by atoms with van der Waals surface area (Å²) in [5.41, 5.74) is 1.12. The molecule has 0 radical (unpaired) electrons. The second-order valence-corrected chi connectivity index (χ2v) is 2.41. The minimum absolute atomic E-state index is 0. The third-order valence-corrected chi connectivity index (χ3v) is 1.49. The van der Waals surface area contributed by atoms with E-state index >= 15 is 0 Å². The second-order valence-electron chi connectivity index (χ2n) is 2.41. The van der Waals surface area contributed by atoms with E-state index in [2.05, 4.69) is 5.32 Å². The fourth-order valence-electron chi connectivity index (χ4n) is 0.872. The highest BCUT2D eigenvalue weighted by atomic mass is 35.5. The molecule has 1 nitrogen and oxygen atoms in total. The van der Waals surface area contributed by atoms with Crippen molar-refractivity contribution in [2.24, 2.45) is 0 Å². The monoisotopic (exact) mass is 188 g/mol. The van der Waals surface area contributed by atoms with Gasteiger partial charge in [0.05, 0.1) is 0 Å². The zero-order valence-electron chi connectivity index (χ0n) is 6.98. The summed E-state index contributed by atoms with van der Waals surface area (Å²) in [7, 11) is 0. The minimum atomic E-state index is -0.176. The van der Waals surface area contributed by atoms with Gasteiger partial charge in [0.25, 0.3) is 0 Å². The van der Waals surface area contributed by atoms with Crippen LogP contribution < -0.4 is 17.7 Å². The lowest BCUT2D eigenvalue weighted by atomic mass is 10.2. The molecule has 0 heterocycles. The quantitative estimate of drug-likeness (QED) is 0.638. The average Bonchev–Trinajstić information content (AvgIpc) is 2.04. The largest absolute Gasteiger partial charge is 1.00 e. The fraction of sp³-hybridized carbons (Fsp3) is 0.333. The van der Waals surface area contributed by atoms with Crippen molar-refractivity contribution in [3.63, 3.8) is 0 Å². The molecule has 0 bridgehead atoms. The van der Waals surface area contributed by atoms with Gasteiger partial charge in [-0.25, -0.2) is 4.39 Å². The molecule has 0 spiro atoms. The van der Waals surface area contributed by atoms with Gasteiger partial charge in [-0.05, 0) is 24.2 Å². The first-order valence-corrected chi connectivity index (χ1v) is 3.78. The topological polar surface area (TPSA) is 12.0 Å². The van der Waals surface area contributed by atoms with E-state index in [-0.39, 0.29) is 18.2 Å². The third kappa shape index (κ3) is 3.69. The molecule has 0 aliphatic carbocycles. The van der Waals surface area contributed by atoms with E-state index in [1.807, 2.05) is 6.92 Å². The molecular weight excluding hydrogens is 177 g/mol. The third-order valence-electron chi connectivity index (χ3n) is 1.49. The van der Waals surface area contributed by atoms with Crippen molar-refractivity contribution in [2.75, 3.05) is 6.54 Å². The van der Waals surface area contributed by atoms with Crippen LogP contribution >= 0.6 is 0 Å². The second kappa shape index (κ2) is 5.98. The van der Waals surface area contributed by atoms with Crippen molar-refractivity contribution in [3.8, 4) is 0 Å². The van der Waals surface area contributed by atoms with Gasteiger partial charge in [-0.1, -0.05) is 19.1 Å². The van der Waals surface area contributed by atoms with E-state index < -0.39 is 0 Å². The number of halogens is 2. The zero-order chi connectivity index (χ0) is 8.10. The Morgan fingerprint density at radius 1 is 1.25 bits per heavy atom. The van der Waals surface area contributed by atoms with Gasteiger partial charge in [0.2, 0.25) is 0 Å². The predicted molar refractivity (Wildman–Crippen MR) is 43.8 cm³/mol. The normalized spacial score (nSPS) is 9.17. The molecule has 0 saturated carbocycles. The summed E-state index contributed by atoms with van der Waals surface area (Å²) in [6.45, 7) is 3.80. The Morgan fingerprint density at radius 2 is 1.83 bits per heavy atom. The molecule has 1 rings (SSSR count). The van der Waals surface area contributed by atoms with E-state index in [1.54, 1.807) is 12.1 Å². The molecular formula is C9H12ClFN-. The molecule has 3 heteroatoms. The first-order valence-electron chi connectivity index (χ1n) is 3.78. The Balaban J connectivity index is 0.00000121. The lowest BCUT2D eigenvalue weighted by Gasteiger charge is -2.00. The van der Waals surface area contributed by atoms with Crippen LogP contribution in [0.15, 0.2) is 24.3 Å². The van der Waals surface area contributed by atoms with Crippen LogP contribution in [0.1, 0.15) is 12.5 Å². The SMILES string of the molecule is CCNCc1ccc(F)cc1.[Cl-]. The van der Waals surface area contributed by atoms with Gasteiger partial charge in [-0.3, -0.25) is 0 Å². The van der Waals surface area contributed by atoms with Crippen molar-refractivity contribution < 1.29 is 16.8 Å². The molecule has 0 atom stereocenters. The van der Waals surface area contributed by atoms with Crippen LogP contribution in [0.2, 0.25) is 0 Å². The molecule has 0 saturated heterocycles. The summed E-state index contributed by atoms with van der Waals surface area (Å²) < 4.78 is 12.4. The van der Waals surface area contributed by atoms with E-state index in [0.717, 1.165) is 18.7 Å². The lowest BCUT2D eigenvalue weighted by molar-refractivity contribution is -0.00000298. The molecule has 68 valence electrons. The molecule has 0 unspecified atom stereocenters. The van der Waals surface area contributed by atoms with E-state index in [1.165, 1.54) is 12.1 Å². The van der Waals surface area contributed by atoms with Crippen LogP contribution in [-0.4, -0.2) is 6.54 Å². The van der Waals surface area contributed by atoms with Crippen LogP contribution in [0, 0.1) is 5.82 Å². The van der Waals surface area contributed by atoms with Crippen molar-refractivity contribution in [1.82, 2.24) is 5.32 Å². The van der Waals surface area contributed by atoms with Crippen molar-refractivity contribution in [3.05, 3.63) is 35.6 Å². The van der Waals surface area contributed by atoms with Crippen LogP contribution in [-0.2, 0) is 6.54 Å². The Labute approximate surface area is 78.4 Å². The Morgan fingerprint density at radius 3 is 2.33 bits per heavy atom. The van der Waals surface area contributed by atoms with Gasteiger partial charge in [0, 0.05) is 6.54 Å². The molecule has 12 heavy (non-hydrogen) atoms. The van der Waals surface area contributed by atoms with Gasteiger partial charge in [0.1, 0.15) is 5.82 Å². The maximum absolute atomic E-state index is 12.4. The number of hydrogen-bond acceptors (Lipinski definition) is 1. The predicted octanol–water partition coefficient (Wildman–Crippen LogP) is -1.06. The fourth-order valence-corrected chi connectivity index (χ4v) is 0.872. The minimum Gasteiger partial charge on any atom is -1.00 e. The van der Waals surface area contributed by atoms with Crippen LogP contribution in [0.5, 0.6) is 0 Å². The average molecular weight is 189 g/mol. The van der Waals surface area contributed by atoms with Gasteiger partial charge < -0.3 is 17.7 Å². The number of hydrogen-bond donors (Lipinski definition) is 1. The summed E-state index contributed by atoms with van der Waals surface area (Å²) in [6, 6.07) is 6.54. The van der Waals surface area contributed by atoms with E-state index in [0.29, 0.717) is 0 Å². The molecule has 0 aliphatic rings. The summed E-state index contributed by atoms with van der Waals surface area (Å²) in [5.74, 6) is -0.176. The van der Waals surface area contributed by atoms with E-state index in [9.17, 15) is 4.39 Å². The molecule has 0 fully saturated rings. The summed E-state index contributed by atoms with van der Waals surface area (Å²) in [6.07, 6.45) is 0. The Hall–Kier alpha value is -0.600. The maximum atomic E-state index is 12.4. The number of nitrogens with one attached hydrogen (secondary N) is 1. The van der Waals surface area contributed by atoms with Crippen molar-refractivity contribution in [2.45, 2.75) is 13.5 Å². The van der Waals surface area contributed by atoms with Gasteiger partial charge in [-0.15, -0.1) is 0 Å². The maximum Gasteiger partial charge on any atom is 0.123 e. The lowest BCUT2D eigenvalue weighted by Crippen LogP contribution is -3.00. The molecule has 1 aromatic carbocycles. The van der Waals surface area contributed by atoms with Crippen LogP contribution in [0.25, 0.3) is 0 Å². The van der Waals surface area contributed by atoms with Crippen LogP contribution in [0.4, 0.5) is 4.39 Å². The molecule has 0 aliphatic heterocycles. The summed E-state index contributed by atoms with van der Waals surface area (Å²) in [4.78, 5) is 0. The van der Waals surface area contributed by atoms with Gasteiger partial charge in [-0.2, -0.15) is 0 Å². The Bertz CT molecular complexity index is 210. The highest BCUT2D eigenvalue weighted by Gasteiger charge is 1.90. The number of rotatable bonds is 3. The Kier molecular flexibility index (Phi) is 5.68. The zero-order valence-corrected chi connectivity index (χ0v) is 7.74. The molecule has 0 amide bonds. The first-order chi connectivity index (χ1) is 5.33. The van der Waals surface area contributed by atoms with Crippen molar-refractivity contribution >= 4 is 0 Å².